The van der Waals surface area contributed by atoms with Crippen LogP contribution in [0.5, 0.6) is 0 Å². The van der Waals surface area contributed by atoms with Crippen molar-refractivity contribution in [2.75, 3.05) is 16.8 Å². The molecule has 1 heterocycles. The highest BCUT2D eigenvalue weighted by atomic mass is 79.9. The molecule has 1 unspecified atom stereocenters. The number of fused-ring (bicyclic) bond motifs is 2. The number of anilines is 2. The third-order valence-electron chi connectivity index (χ3n) is 3.59. The van der Waals surface area contributed by atoms with Crippen LogP contribution < -0.4 is 4.90 Å². The van der Waals surface area contributed by atoms with Crippen LogP contribution in [0.3, 0.4) is 0 Å². The van der Waals surface area contributed by atoms with Gasteiger partial charge in [-0.3, -0.25) is 0 Å². The summed E-state index contributed by atoms with van der Waals surface area (Å²) in [5, 5.41) is 11.3. The molecule has 1 atom stereocenters. The summed E-state index contributed by atoms with van der Waals surface area (Å²) in [5.41, 5.74) is 4.53. The van der Waals surface area contributed by atoms with E-state index in [-0.39, 0.29) is 0 Å². The summed E-state index contributed by atoms with van der Waals surface area (Å²) in [6, 6.07) is 16.5. The van der Waals surface area contributed by atoms with Crippen molar-refractivity contribution in [2.24, 2.45) is 0 Å². The Morgan fingerprint density at radius 1 is 1.05 bits per heavy atom. The number of aliphatic hydroxyl groups excluding tert-OH is 1. The molecule has 2 aromatic rings. The molecule has 3 rings (SSSR count). The van der Waals surface area contributed by atoms with Crippen LogP contribution in [0.25, 0.3) is 0 Å². The Labute approximate surface area is 121 Å². The second kappa shape index (κ2) is 5.35. The molecular weight excluding hydrogens is 302 g/mol. The fourth-order valence-corrected chi connectivity index (χ4v) is 3.09. The van der Waals surface area contributed by atoms with E-state index in [9.17, 15) is 5.11 Å². The SMILES string of the molecule is OC1Cc2ccccc2N(CCBr)c2ccccc21. The zero-order chi connectivity index (χ0) is 13.2. The molecule has 2 nitrogen and oxygen atoms in total. The predicted octanol–water partition coefficient (Wildman–Crippen LogP) is 3.81. The summed E-state index contributed by atoms with van der Waals surface area (Å²) in [6.45, 7) is 0.890. The van der Waals surface area contributed by atoms with Crippen LogP contribution in [-0.4, -0.2) is 17.0 Å². The van der Waals surface area contributed by atoms with Crippen molar-refractivity contribution in [3.8, 4) is 0 Å². The highest BCUT2D eigenvalue weighted by Gasteiger charge is 2.24. The van der Waals surface area contributed by atoms with E-state index in [0.717, 1.165) is 23.1 Å². The summed E-state index contributed by atoms with van der Waals surface area (Å²) in [5.74, 6) is 0. The minimum absolute atomic E-state index is 0.433. The number of halogens is 1. The number of alkyl halides is 1. The first-order chi connectivity index (χ1) is 9.31. The number of nitrogens with zero attached hydrogens (tertiary/aromatic N) is 1. The monoisotopic (exact) mass is 317 g/mol. The molecule has 1 aliphatic heterocycles. The molecule has 3 heteroatoms. The molecule has 0 saturated carbocycles. The summed E-state index contributed by atoms with van der Waals surface area (Å²) in [4.78, 5) is 2.29. The van der Waals surface area contributed by atoms with Crippen molar-refractivity contribution < 1.29 is 5.11 Å². The van der Waals surface area contributed by atoms with E-state index in [4.69, 9.17) is 0 Å². The quantitative estimate of drug-likeness (QED) is 0.851. The second-order valence-corrected chi connectivity index (χ2v) is 5.54. The lowest BCUT2D eigenvalue weighted by atomic mass is 10.0. The maximum Gasteiger partial charge on any atom is 0.0851 e. The average Bonchev–Trinajstić information content (AvgIpc) is 2.56. The van der Waals surface area contributed by atoms with Crippen LogP contribution in [0.2, 0.25) is 0 Å². The molecular formula is C16H16BrNO. The number of rotatable bonds is 2. The van der Waals surface area contributed by atoms with Gasteiger partial charge in [0.15, 0.2) is 0 Å². The van der Waals surface area contributed by atoms with Crippen LogP contribution in [0, 0.1) is 0 Å². The molecule has 0 amide bonds. The van der Waals surface area contributed by atoms with Gasteiger partial charge in [-0.2, -0.15) is 0 Å². The van der Waals surface area contributed by atoms with E-state index in [1.54, 1.807) is 0 Å². The molecule has 1 aliphatic rings. The Morgan fingerprint density at radius 2 is 1.74 bits per heavy atom. The normalized spacial score (nSPS) is 17.6. The Kier molecular flexibility index (Phi) is 3.58. The van der Waals surface area contributed by atoms with E-state index in [2.05, 4.69) is 45.1 Å². The molecule has 0 fully saturated rings. The van der Waals surface area contributed by atoms with Gasteiger partial charge in [-0.1, -0.05) is 52.3 Å². The van der Waals surface area contributed by atoms with Crippen LogP contribution in [-0.2, 0) is 6.42 Å². The highest BCUT2D eigenvalue weighted by molar-refractivity contribution is 9.09. The average molecular weight is 318 g/mol. The first-order valence-electron chi connectivity index (χ1n) is 6.49. The van der Waals surface area contributed by atoms with Gasteiger partial charge in [0.25, 0.3) is 0 Å². The number of benzene rings is 2. The summed E-state index contributed by atoms with van der Waals surface area (Å²) in [6.07, 6.45) is 0.240. The largest absolute Gasteiger partial charge is 0.388 e. The minimum Gasteiger partial charge on any atom is -0.388 e. The maximum atomic E-state index is 10.4. The van der Waals surface area contributed by atoms with Gasteiger partial charge in [-0.25, -0.2) is 0 Å². The third kappa shape index (κ3) is 2.28. The fraction of sp³-hybridized carbons (Fsp3) is 0.250. The molecule has 2 aromatic carbocycles. The van der Waals surface area contributed by atoms with Gasteiger partial charge >= 0.3 is 0 Å². The minimum atomic E-state index is -0.433. The van der Waals surface area contributed by atoms with Crippen LogP contribution in [0.1, 0.15) is 17.2 Å². The first-order valence-corrected chi connectivity index (χ1v) is 7.62. The Hall–Kier alpha value is -1.32. The van der Waals surface area contributed by atoms with Gasteiger partial charge in [-0.05, 0) is 17.7 Å². The Morgan fingerprint density at radius 3 is 2.53 bits per heavy atom. The first kappa shape index (κ1) is 12.7. The van der Waals surface area contributed by atoms with Gasteiger partial charge in [-0.15, -0.1) is 0 Å². The number of para-hydroxylation sites is 2. The van der Waals surface area contributed by atoms with Crippen LogP contribution in [0.4, 0.5) is 11.4 Å². The third-order valence-corrected chi connectivity index (χ3v) is 3.94. The standard InChI is InChI=1S/C16H16BrNO/c17-9-10-18-14-7-3-1-5-12(14)11-16(19)13-6-2-4-8-15(13)18/h1-8,16,19H,9-11H2. The van der Waals surface area contributed by atoms with Crippen LogP contribution >= 0.6 is 15.9 Å². The lowest BCUT2D eigenvalue weighted by Crippen LogP contribution is -2.20. The zero-order valence-electron chi connectivity index (χ0n) is 10.6. The summed E-state index contributed by atoms with van der Waals surface area (Å²) >= 11 is 3.53. The molecule has 0 bridgehead atoms. The van der Waals surface area contributed by atoms with Crippen molar-refractivity contribution in [3.05, 3.63) is 59.7 Å². The van der Waals surface area contributed by atoms with Crippen molar-refractivity contribution in [1.82, 2.24) is 0 Å². The van der Waals surface area contributed by atoms with E-state index >= 15 is 0 Å². The van der Waals surface area contributed by atoms with E-state index < -0.39 is 6.10 Å². The zero-order valence-corrected chi connectivity index (χ0v) is 12.2. The molecule has 0 aliphatic carbocycles. The van der Waals surface area contributed by atoms with Crippen molar-refractivity contribution in [2.45, 2.75) is 12.5 Å². The van der Waals surface area contributed by atoms with Gasteiger partial charge in [0.1, 0.15) is 0 Å². The molecule has 1 N–H and O–H groups in total. The molecule has 0 aromatic heterocycles. The van der Waals surface area contributed by atoms with Crippen molar-refractivity contribution >= 4 is 27.3 Å². The molecule has 0 saturated heterocycles. The van der Waals surface area contributed by atoms with E-state index in [0.29, 0.717) is 6.42 Å². The topological polar surface area (TPSA) is 23.5 Å². The van der Waals surface area contributed by atoms with E-state index in [1.807, 2.05) is 24.3 Å². The summed E-state index contributed by atoms with van der Waals surface area (Å²) < 4.78 is 0. The Balaban J connectivity index is 2.19. The van der Waals surface area contributed by atoms with Gasteiger partial charge in [0.2, 0.25) is 0 Å². The van der Waals surface area contributed by atoms with Gasteiger partial charge < -0.3 is 10.0 Å². The van der Waals surface area contributed by atoms with E-state index in [1.165, 1.54) is 11.3 Å². The molecule has 98 valence electrons. The van der Waals surface area contributed by atoms with Gasteiger partial charge in [0.05, 0.1) is 6.10 Å². The number of hydrogen-bond donors (Lipinski definition) is 1. The van der Waals surface area contributed by atoms with Gasteiger partial charge in [0, 0.05) is 35.2 Å². The molecule has 0 spiro atoms. The lowest BCUT2D eigenvalue weighted by Gasteiger charge is -2.26. The second-order valence-electron chi connectivity index (χ2n) is 4.75. The number of hydrogen-bond acceptors (Lipinski definition) is 2. The fourth-order valence-electron chi connectivity index (χ4n) is 2.74. The highest BCUT2D eigenvalue weighted by Crippen LogP contribution is 2.39. The molecule has 19 heavy (non-hydrogen) atoms. The summed E-state index contributed by atoms with van der Waals surface area (Å²) in [7, 11) is 0. The maximum absolute atomic E-state index is 10.4. The van der Waals surface area contributed by atoms with Crippen molar-refractivity contribution in [3.63, 3.8) is 0 Å². The predicted molar refractivity (Wildman–Crippen MR) is 82.3 cm³/mol. The lowest BCUT2D eigenvalue weighted by molar-refractivity contribution is 0.180. The number of aliphatic hydroxyl groups is 1. The van der Waals surface area contributed by atoms with Crippen molar-refractivity contribution in [1.29, 1.82) is 0 Å². The van der Waals surface area contributed by atoms with Crippen LogP contribution in [0.15, 0.2) is 48.5 Å². The molecule has 0 radical (unpaired) electrons. The Bertz CT molecular complexity index is 584. The smallest absolute Gasteiger partial charge is 0.0851 e.